The Morgan fingerprint density at radius 2 is 1.00 bits per heavy atom. The Kier molecular flexibility index (Phi) is 16.0. The third-order valence-electron chi connectivity index (χ3n) is 3.30. The molecule has 0 aromatic rings. The molecule has 0 heterocycles. The van der Waals surface area contributed by atoms with Crippen LogP contribution in [0.25, 0.3) is 0 Å². The molecule has 0 rings (SSSR count). The lowest BCUT2D eigenvalue weighted by Gasteiger charge is -1.98. The number of allylic oxidation sites excluding steroid dienone is 4. The van der Waals surface area contributed by atoms with Crippen LogP contribution in [-0.2, 0) is 0 Å². The topological polar surface area (TPSA) is 0 Å². The molecule has 0 saturated heterocycles. The first-order valence-electron chi connectivity index (χ1n) is 8.21. The van der Waals surface area contributed by atoms with Crippen LogP contribution in [0.2, 0.25) is 0 Å². The van der Waals surface area contributed by atoms with Gasteiger partial charge in [0.25, 0.3) is 0 Å². The minimum atomic E-state index is 1.13. The Morgan fingerprint density at radius 1 is 0.500 bits per heavy atom. The Balaban J connectivity index is 3.11. The zero-order chi connectivity index (χ0) is 13.3. The van der Waals surface area contributed by atoms with Gasteiger partial charge in [0.15, 0.2) is 0 Å². The van der Waals surface area contributed by atoms with E-state index in [-0.39, 0.29) is 0 Å². The van der Waals surface area contributed by atoms with Crippen LogP contribution in [0.15, 0.2) is 24.3 Å². The van der Waals surface area contributed by atoms with Gasteiger partial charge in [-0.05, 0) is 25.7 Å². The lowest BCUT2D eigenvalue weighted by molar-refractivity contribution is 0.592. The number of rotatable bonds is 13. The highest BCUT2D eigenvalue weighted by molar-refractivity contribution is 4.92. The van der Waals surface area contributed by atoms with Gasteiger partial charge in [-0.1, -0.05) is 89.5 Å². The Bertz CT molecular complexity index is 188. The number of unbranched alkanes of at least 4 members (excludes halogenated alkanes) is 9. The summed E-state index contributed by atoms with van der Waals surface area (Å²) in [6.45, 7) is 4.53. The van der Waals surface area contributed by atoms with E-state index in [4.69, 9.17) is 0 Å². The standard InChI is InChI=1S/C18H34/c1-3-5-7-9-11-13-15-17-18-16-14-12-10-8-6-4-2/h9,11,15,17H,3-8,10,12-14,16,18H2,1-2H3. The van der Waals surface area contributed by atoms with Crippen LogP contribution >= 0.6 is 0 Å². The molecule has 0 bridgehead atoms. The van der Waals surface area contributed by atoms with Crippen molar-refractivity contribution in [3.05, 3.63) is 24.3 Å². The van der Waals surface area contributed by atoms with Crippen molar-refractivity contribution in [3.63, 3.8) is 0 Å². The molecule has 0 aliphatic heterocycles. The van der Waals surface area contributed by atoms with Gasteiger partial charge in [-0.25, -0.2) is 0 Å². The summed E-state index contributed by atoms with van der Waals surface area (Å²) in [7, 11) is 0. The Morgan fingerprint density at radius 3 is 1.61 bits per heavy atom. The zero-order valence-corrected chi connectivity index (χ0v) is 12.8. The van der Waals surface area contributed by atoms with Crippen molar-refractivity contribution in [2.24, 2.45) is 0 Å². The van der Waals surface area contributed by atoms with Crippen LogP contribution in [0.4, 0.5) is 0 Å². The van der Waals surface area contributed by atoms with Crippen molar-refractivity contribution in [3.8, 4) is 0 Å². The predicted octanol–water partition coefficient (Wildman–Crippen LogP) is 6.82. The molecule has 0 nitrogen and oxygen atoms in total. The summed E-state index contributed by atoms with van der Waals surface area (Å²) < 4.78 is 0. The van der Waals surface area contributed by atoms with E-state index in [2.05, 4.69) is 38.2 Å². The molecule has 0 amide bonds. The molecule has 0 aromatic heterocycles. The Labute approximate surface area is 116 Å². The van der Waals surface area contributed by atoms with E-state index in [1.165, 1.54) is 70.6 Å². The van der Waals surface area contributed by atoms with Crippen LogP contribution in [0.5, 0.6) is 0 Å². The van der Waals surface area contributed by atoms with E-state index in [0.29, 0.717) is 0 Å². The van der Waals surface area contributed by atoms with E-state index < -0.39 is 0 Å². The highest BCUT2D eigenvalue weighted by Crippen LogP contribution is 2.08. The van der Waals surface area contributed by atoms with Gasteiger partial charge >= 0.3 is 0 Å². The van der Waals surface area contributed by atoms with E-state index in [0.717, 1.165) is 6.42 Å². The molecule has 0 heteroatoms. The molecule has 0 fully saturated rings. The van der Waals surface area contributed by atoms with Gasteiger partial charge in [0.2, 0.25) is 0 Å². The summed E-state index contributed by atoms with van der Waals surface area (Å²) in [4.78, 5) is 0. The lowest BCUT2D eigenvalue weighted by atomic mass is 10.1. The van der Waals surface area contributed by atoms with Crippen molar-refractivity contribution in [2.45, 2.75) is 90.9 Å². The van der Waals surface area contributed by atoms with E-state index >= 15 is 0 Å². The van der Waals surface area contributed by atoms with E-state index in [9.17, 15) is 0 Å². The molecular formula is C18H34. The van der Waals surface area contributed by atoms with Crippen molar-refractivity contribution >= 4 is 0 Å². The first-order chi connectivity index (χ1) is 8.91. The molecular weight excluding hydrogens is 216 g/mol. The third-order valence-corrected chi connectivity index (χ3v) is 3.30. The molecule has 0 N–H and O–H groups in total. The second kappa shape index (κ2) is 16.5. The molecule has 18 heavy (non-hydrogen) atoms. The maximum Gasteiger partial charge on any atom is -0.0169 e. The van der Waals surface area contributed by atoms with Crippen LogP contribution < -0.4 is 0 Å². The summed E-state index contributed by atoms with van der Waals surface area (Å²) in [6, 6.07) is 0. The van der Waals surface area contributed by atoms with Crippen LogP contribution in [0, 0.1) is 0 Å². The average Bonchev–Trinajstić information content (AvgIpc) is 2.39. The smallest absolute Gasteiger partial charge is 0.0169 e. The van der Waals surface area contributed by atoms with Crippen LogP contribution in [-0.4, -0.2) is 0 Å². The van der Waals surface area contributed by atoms with Crippen molar-refractivity contribution in [1.29, 1.82) is 0 Å². The summed E-state index contributed by atoms with van der Waals surface area (Å²) in [5.41, 5.74) is 0. The van der Waals surface area contributed by atoms with Crippen molar-refractivity contribution < 1.29 is 0 Å². The van der Waals surface area contributed by atoms with Crippen molar-refractivity contribution in [2.75, 3.05) is 0 Å². The molecule has 0 spiro atoms. The summed E-state index contributed by atoms with van der Waals surface area (Å²) >= 11 is 0. The third kappa shape index (κ3) is 15.5. The molecule has 0 atom stereocenters. The molecule has 0 aliphatic carbocycles. The fourth-order valence-corrected chi connectivity index (χ4v) is 2.05. The van der Waals surface area contributed by atoms with Crippen LogP contribution in [0.3, 0.4) is 0 Å². The van der Waals surface area contributed by atoms with Crippen LogP contribution in [0.1, 0.15) is 90.9 Å². The first kappa shape index (κ1) is 17.5. The zero-order valence-electron chi connectivity index (χ0n) is 12.8. The molecule has 0 unspecified atom stereocenters. The first-order valence-corrected chi connectivity index (χ1v) is 8.21. The van der Waals surface area contributed by atoms with Gasteiger partial charge in [0, 0.05) is 0 Å². The van der Waals surface area contributed by atoms with Gasteiger partial charge in [-0.2, -0.15) is 0 Å². The minimum Gasteiger partial charge on any atom is -0.0882 e. The predicted molar refractivity (Wildman–Crippen MR) is 85.0 cm³/mol. The second-order valence-electron chi connectivity index (χ2n) is 5.23. The number of hydrogen-bond acceptors (Lipinski definition) is 0. The maximum atomic E-state index is 2.36. The number of hydrogen-bond donors (Lipinski definition) is 0. The minimum absolute atomic E-state index is 1.13. The quantitative estimate of drug-likeness (QED) is 0.248. The summed E-state index contributed by atoms with van der Waals surface area (Å²) in [5, 5.41) is 0. The highest BCUT2D eigenvalue weighted by atomic mass is 13.9. The molecule has 0 aromatic carbocycles. The largest absolute Gasteiger partial charge is 0.0882 e. The summed E-state index contributed by atoms with van der Waals surface area (Å²) in [5.74, 6) is 0. The van der Waals surface area contributed by atoms with Gasteiger partial charge in [0.1, 0.15) is 0 Å². The fraction of sp³-hybridized carbons (Fsp3) is 0.778. The lowest BCUT2D eigenvalue weighted by Crippen LogP contribution is -1.78. The molecule has 0 saturated carbocycles. The molecule has 106 valence electrons. The second-order valence-corrected chi connectivity index (χ2v) is 5.23. The van der Waals surface area contributed by atoms with Gasteiger partial charge < -0.3 is 0 Å². The average molecular weight is 250 g/mol. The SMILES string of the molecule is CCCCC=CCC=CCCCCCCCCC. The normalized spacial score (nSPS) is 11.9. The highest BCUT2D eigenvalue weighted by Gasteiger charge is 1.88. The summed E-state index contributed by atoms with van der Waals surface area (Å²) in [6.07, 6.45) is 25.5. The molecule has 0 radical (unpaired) electrons. The fourth-order valence-electron chi connectivity index (χ4n) is 2.05. The maximum absolute atomic E-state index is 2.36. The monoisotopic (exact) mass is 250 g/mol. The Hall–Kier alpha value is -0.520. The van der Waals surface area contributed by atoms with Gasteiger partial charge in [-0.15, -0.1) is 0 Å². The van der Waals surface area contributed by atoms with Crippen molar-refractivity contribution in [1.82, 2.24) is 0 Å². The van der Waals surface area contributed by atoms with E-state index in [1.807, 2.05) is 0 Å². The molecule has 0 aliphatic rings. The van der Waals surface area contributed by atoms with E-state index in [1.54, 1.807) is 0 Å². The van der Waals surface area contributed by atoms with Gasteiger partial charge in [-0.3, -0.25) is 0 Å². The van der Waals surface area contributed by atoms with Gasteiger partial charge in [0.05, 0.1) is 0 Å².